The van der Waals surface area contributed by atoms with E-state index in [0.717, 1.165) is 15.4 Å². The third-order valence-corrected chi connectivity index (χ3v) is 7.03. The van der Waals surface area contributed by atoms with E-state index in [1.54, 1.807) is 18.2 Å². The number of nitrogen functional groups attached to an aromatic ring is 1. The summed E-state index contributed by atoms with van der Waals surface area (Å²) in [4.78, 5) is 8.99. The number of benzene rings is 2. The van der Waals surface area contributed by atoms with E-state index in [2.05, 4.69) is 20.4 Å². The highest BCUT2D eigenvalue weighted by Gasteiger charge is 2.18. The molecule has 0 saturated heterocycles. The quantitative estimate of drug-likeness (QED) is 0.194. The molecule has 37 heavy (non-hydrogen) atoms. The van der Waals surface area contributed by atoms with E-state index in [1.807, 2.05) is 24.3 Å². The molecule has 0 amide bonds. The molecular formula is C23H26Cl2N8O3S. The third kappa shape index (κ3) is 6.54. The zero-order chi connectivity index (χ0) is 25.2. The highest BCUT2D eigenvalue weighted by atomic mass is 35.5. The van der Waals surface area contributed by atoms with Gasteiger partial charge < -0.3 is 21.3 Å². The molecule has 11 nitrogen and oxygen atoms in total. The summed E-state index contributed by atoms with van der Waals surface area (Å²) >= 11 is 0. The number of aromatic nitrogens is 3. The Morgan fingerprint density at radius 1 is 1.03 bits per heavy atom. The summed E-state index contributed by atoms with van der Waals surface area (Å²) in [6.45, 7) is 0.445. The summed E-state index contributed by atoms with van der Waals surface area (Å²) in [7, 11) is -0.574. The van der Waals surface area contributed by atoms with Crippen molar-refractivity contribution in [1.29, 1.82) is 5.41 Å². The van der Waals surface area contributed by atoms with Crippen molar-refractivity contribution in [3.05, 3.63) is 66.4 Å². The standard InChI is InChI=1S/C23H24N8O3S.2ClH/c1-31(2)35(32,33)17-9-7-16(8-10-17)19-13-27-22(24)21(29-19)20-11-18(30-34-20)15-5-3-14(4-6-15)12-28-23(25)26;;/h3-11,13H,12H2,1-2H3,(H2,24,27)(H4,25,26,28);2*1H. The van der Waals surface area contributed by atoms with E-state index in [4.69, 9.17) is 21.4 Å². The molecule has 4 rings (SSSR count). The Balaban J connectivity index is 0.00000241. The van der Waals surface area contributed by atoms with Gasteiger partial charge in [0.2, 0.25) is 10.0 Å². The van der Waals surface area contributed by atoms with E-state index in [9.17, 15) is 8.42 Å². The second kappa shape index (κ2) is 12.0. The number of halogens is 2. The fourth-order valence-electron chi connectivity index (χ4n) is 3.24. The number of rotatable bonds is 7. The first-order valence-corrected chi connectivity index (χ1v) is 11.9. The first-order valence-electron chi connectivity index (χ1n) is 10.4. The van der Waals surface area contributed by atoms with Crippen LogP contribution in [0.1, 0.15) is 5.56 Å². The SMILES string of the molecule is CN(C)S(=O)(=O)c1ccc(-c2cnc(N)c(-c3cc(-c4ccc(CNC(=N)N)cc4)no3)n2)cc1.Cl.Cl. The van der Waals surface area contributed by atoms with Crippen LogP contribution >= 0.6 is 24.8 Å². The Morgan fingerprint density at radius 2 is 1.62 bits per heavy atom. The maximum absolute atomic E-state index is 12.3. The van der Waals surface area contributed by atoms with Gasteiger partial charge in [-0.05, 0) is 17.7 Å². The summed E-state index contributed by atoms with van der Waals surface area (Å²) in [5.41, 5.74) is 15.3. The Morgan fingerprint density at radius 3 is 2.22 bits per heavy atom. The smallest absolute Gasteiger partial charge is 0.242 e. The summed E-state index contributed by atoms with van der Waals surface area (Å²) < 4.78 is 31.3. The van der Waals surface area contributed by atoms with Crippen molar-refractivity contribution < 1.29 is 12.9 Å². The lowest BCUT2D eigenvalue weighted by atomic mass is 10.1. The first-order chi connectivity index (χ1) is 16.6. The highest BCUT2D eigenvalue weighted by Crippen LogP contribution is 2.30. The van der Waals surface area contributed by atoms with Crippen LogP contribution in [0.15, 0.2) is 70.2 Å². The lowest BCUT2D eigenvalue weighted by Gasteiger charge is -2.11. The van der Waals surface area contributed by atoms with Gasteiger partial charge in [0, 0.05) is 37.8 Å². The fourth-order valence-corrected chi connectivity index (χ4v) is 4.14. The van der Waals surface area contributed by atoms with E-state index >= 15 is 0 Å². The van der Waals surface area contributed by atoms with Crippen LogP contribution in [-0.4, -0.2) is 47.9 Å². The molecule has 14 heteroatoms. The molecule has 0 atom stereocenters. The van der Waals surface area contributed by atoms with Gasteiger partial charge in [-0.1, -0.05) is 41.6 Å². The molecule has 2 aromatic heterocycles. The van der Waals surface area contributed by atoms with Gasteiger partial charge in [-0.3, -0.25) is 5.41 Å². The summed E-state index contributed by atoms with van der Waals surface area (Å²) in [5, 5.41) is 14.1. The second-order valence-corrected chi connectivity index (χ2v) is 9.99. The Labute approximate surface area is 226 Å². The van der Waals surface area contributed by atoms with Gasteiger partial charge in [0.1, 0.15) is 5.69 Å². The molecule has 0 saturated carbocycles. The molecule has 196 valence electrons. The average molecular weight is 565 g/mol. The summed E-state index contributed by atoms with van der Waals surface area (Å²) in [6.07, 6.45) is 1.51. The zero-order valence-corrected chi connectivity index (χ0v) is 22.3. The van der Waals surface area contributed by atoms with Crippen LogP contribution < -0.4 is 16.8 Å². The van der Waals surface area contributed by atoms with E-state index in [-0.39, 0.29) is 41.5 Å². The first kappa shape index (κ1) is 29.5. The van der Waals surface area contributed by atoms with Crippen LogP contribution in [0, 0.1) is 5.41 Å². The van der Waals surface area contributed by atoms with Crippen molar-refractivity contribution in [3.8, 4) is 34.0 Å². The average Bonchev–Trinajstić information content (AvgIpc) is 3.33. The fraction of sp³-hybridized carbons (Fsp3) is 0.130. The molecule has 0 aliphatic rings. The predicted octanol–water partition coefficient (Wildman–Crippen LogP) is 3.12. The Hall–Kier alpha value is -3.71. The molecule has 4 aromatic rings. The number of hydrogen-bond donors (Lipinski definition) is 4. The van der Waals surface area contributed by atoms with E-state index in [1.165, 1.54) is 32.4 Å². The van der Waals surface area contributed by atoms with Gasteiger partial charge >= 0.3 is 0 Å². The van der Waals surface area contributed by atoms with Gasteiger partial charge in [0.15, 0.2) is 23.2 Å². The molecule has 0 bridgehead atoms. The van der Waals surface area contributed by atoms with Gasteiger partial charge in [-0.25, -0.2) is 22.7 Å². The molecule has 0 fully saturated rings. The Bertz CT molecular complexity index is 1470. The van der Waals surface area contributed by atoms with Crippen LogP contribution in [-0.2, 0) is 16.6 Å². The molecular weight excluding hydrogens is 539 g/mol. The maximum atomic E-state index is 12.3. The predicted molar refractivity (Wildman–Crippen MR) is 147 cm³/mol. The van der Waals surface area contributed by atoms with Crippen molar-refractivity contribution in [2.75, 3.05) is 19.8 Å². The number of sulfonamides is 1. The van der Waals surface area contributed by atoms with Crippen molar-refractivity contribution in [3.63, 3.8) is 0 Å². The minimum Gasteiger partial charge on any atom is -0.382 e. The van der Waals surface area contributed by atoms with Crippen molar-refractivity contribution in [2.45, 2.75) is 11.4 Å². The summed E-state index contributed by atoms with van der Waals surface area (Å²) in [6, 6.07) is 15.6. The van der Waals surface area contributed by atoms with Crippen molar-refractivity contribution >= 4 is 46.6 Å². The molecule has 2 heterocycles. The molecule has 0 unspecified atom stereocenters. The van der Waals surface area contributed by atoms with Crippen LogP contribution in [0.25, 0.3) is 34.0 Å². The maximum Gasteiger partial charge on any atom is 0.242 e. The van der Waals surface area contributed by atoms with E-state index < -0.39 is 10.0 Å². The van der Waals surface area contributed by atoms with Crippen LogP contribution in [0.3, 0.4) is 0 Å². The number of anilines is 1. The second-order valence-electron chi connectivity index (χ2n) is 7.84. The highest BCUT2D eigenvalue weighted by molar-refractivity contribution is 7.89. The molecule has 0 aliphatic heterocycles. The number of nitrogens with zero attached hydrogens (tertiary/aromatic N) is 4. The normalized spacial score (nSPS) is 10.9. The number of guanidine groups is 1. The van der Waals surface area contributed by atoms with Gasteiger partial charge in [0.25, 0.3) is 0 Å². The topological polar surface area (TPSA) is 177 Å². The molecule has 0 spiro atoms. The lowest BCUT2D eigenvalue weighted by molar-refractivity contribution is 0.434. The van der Waals surface area contributed by atoms with E-state index in [0.29, 0.717) is 35.0 Å². The third-order valence-electron chi connectivity index (χ3n) is 5.21. The molecule has 0 radical (unpaired) electrons. The van der Waals surface area contributed by atoms with Crippen molar-refractivity contribution in [1.82, 2.24) is 24.7 Å². The number of nitrogens with one attached hydrogen (secondary N) is 2. The summed E-state index contributed by atoms with van der Waals surface area (Å²) in [5.74, 6) is 0.431. The molecule has 6 N–H and O–H groups in total. The monoisotopic (exact) mass is 564 g/mol. The van der Waals surface area contributed by atoms with Gasteiger partial charge in [-0.15, -0.1) is 24.8 Å². The minimum absolute atomic E-state index is 0. The van der Waals surface area contributed by atoms with Crippen LogP contribution in [0.4, 0.5) is 5.82 Å². The Kier molecular flexibility index (Phi) is 9.59. The minimum atomic E-state index is -3.53. The zero-order valence-electron chi connectivity index (χ0n) is 19.9. The molecule has 2 aromatic carbocycles. The lowest BCUT2D eigenvalue weighted by Crippen LogP contribution is -2.29. The van der Waals surface area contributed by atoms with Gasteiger partial charge in [0.05, 0.1) is 16.8 Å². The molecule has 0 aliphatic carbocycles. The van der Waals surface area contributed by atoms with Crippen molar-refractivity contribution in [2.24, 2.45) is 5.73 Å². The van der Waals surface area contributed by atoms with Crippen LogP contribution in [0.5, 0.6) is 0 Å². The van der Waals surface area contributed by atoms with Gasteiger partial charge in [-0.2, -0.15) is 0 Å². The largest absolute Gasteiger partial charge is 0.382 e. The number of hydrogen-bond acceptors (Lipinski definition) is 8. The number of nitrogens with two attached hydrogens (primary N) is 2. The van der Waals surface area contributed by atoms with Crippen LogP contribution in [0.2, 0.25) is 0 Å².